The second-order valence-electron chi connectivity index (χ2n) is 6.86. The molecule has 5 nitrogen and oxygen atoms in total. The summed E-state index contributed by atoms with van der Waals surface area (Å²) in [5.41, 5.74) is -0.586. The Morgan fingerprint density at radius 3 is 2.74 bits per heavy atom. The van der Waals surface area contributed by atoms with E-state index >= 15 is 0 Å². The van der Waals surface area contributed by atoms with Crippen LogP contribution in [-0.4, -0.2) is 42.3 Å². The van der Waals surface area contributed by atoms with Crippen molar-refractivity contribution in [2.75, 3.05) is 20.3 Å². The molecular weight excluding hydrogens is 248 g/mol. The van der Waals surface area contributed by atoms with Crippen molar-refractivity contribution in [3.05, 3.63) is 0 Å². The number of hydrogen-bond donors (Lipinski definition) is 2. The molecule has 19 heavy (non-hydrogen) atoms. The van der Waals surface area contributed by atoms with Gasteiger partial charge in [-0.1, -0.05) is 13.8 Å². The maximum atomic E-state index is 11.6. The molecule has 3 aliphatic rings. The van der Waals surface area contributed by atoms with Crippen LogP contribution in [0.4, 0.5) is 0 Å². The van der Waals surface area contributed by atoms with E-state index in [4.69, 9.17) is 9.47 Å². The number of aliphatic hydroxyl groups excluding tert-OH is 1. The van der Waals surface area contributed by atoms with E-state index in [1.165, 1.54) is 7.11 Å². The van der Waals surface area contributed by atoms with Gasteiger partial charge in [0.05, 0.1) is 13.7 Å². The highest BCUT2D eigenvalue weighted by Crippen LogP contribution is 2.75. The molecule has 6 unspecified atom stereocenters. The number of rotatable bonds is 3. The summed E-state index contributed by atoms with van der Waals surface area (Å²) in [5, 5.41) is 20.5. The number of hydrogen-bond acceptors (Lipinski definition) is 5. The highest BCUT2D eigenvalue weighted by Gasteiger charge is 2.78. The molecule has 3 fully saturated rings. The third-order valence-electron chi connectivity index (χ3n) is 6.33. The first-order valence-electron chi connectivity index (χ1n) is 6.86. The molecule has 2 N–H and O–H groups in total. The minimum Gasteiger partial charge on any atom is -0.469 e. The van der Waals surface area contributed by atoms with Gasteiger partial charge >= 0.3 is 5.97 Å². The molecule has 2 bridgehead atoms. The molecule has 0 aromatic rings. The van der Waals surface area contributed by atoms with Crippen LogP contribution in [0.3, 0.4) is 0 Å². The third kappa shape index (κ3) is 1.33. The van der Waals surface area contributed by atoms with Crippen LogP contribution >= 0.6 is 0 Å². The van der Waals surface area contributed by atoms with Crippen molar-refractivity contribution in [3.63, 3.8) is 0 Å². The lowest BCUT2D eigenvalue weighted by atomic mass is 9.58. The zero-order chi connectivity index (χ0) is 14.1. The SMILES string of the molecule is COC(=O)CC1C2CC3(O)OCC(C)(C13)C2(C)CO. The molecule has 108 valence electrons. The van der Waals surface area contributed by atoms with Gasteiger partial charge in [0.2, 0.25) is 0 Å². The van der Waals surface area contributed by atoms with Gasteiger partial charge in [-0.05, 0) is 11.8 Å². The lowest BCUT2D eigenvalue weighted by Gasteiger charge is -2.46. The minimum atomic E-state index is -1.12. The van der Waals surface area contributed by atoms with Crippen LogP contribution < -0.4 is 0 Å². The standard InChI is InChI=1S/C14H22O5/c1-12(6-15)9-5-14(17)11(13(12,2)7-19-14)8(9)4-10(16)18-3/h8-9,11,15,17H,4-7H2,1-3H3. The quantitative estimate of drug-likeness (QED) is 0.732. The van der Waals surface area contributed by atoms with E-state index in [-0.39, 0.29) is 41.2 Å². The number of fused-ring (bicyclic) bond motifs is 1. The van der Waals surface area contributed by atoms with Gasteiger partial charge in [0, 0.05) is 36.2 Å². The maximum absolute atomic E-state index is 11.6. The smallest absolute Gasteiger partial charge is 0.305 e. The van der Waals surface area contributed by atoms with Crippen LogP contribution in [0.15, 0.2) is 0 Å². The van der Waals surface area contributed by atoms with Gasteiger partial charge in [-0.25, -0.2) is 0 Å². The van der Waals surface area contributed by atoms with Crippen LogP contribution in [0, 0.1) is 28.6 Å². The second kappa shape index (κ2) is 3.71. The first-order valence-corrected chi connectivity index (χ1v) is 6.86. The predicted octanol–water partition coefficient (Wildman–Crippen LogP) is 0.539. The Kier molecular flexibility index (Phi) is 2.61. The molecule has 0 amide bonds. The fourth-order valence-corrected chi connectivity index (χ4v) is 5.12. The molecule has 3 rings (SSSR count). The van der Waals surface area contributed by atoms with Crippen LogP contribution in [0.5, 0.6) is 0 Å². The number of ether oxygens (including phenoxy) is 2. The Hall–Kier alpha value is -0.650. The lowest BCUT2D eigenvalue weighted by Crippen LogP contribution is -2.49. The lowest BCUT2D eigenvalue weighted by molar-refractivity contribution is -0.196. The van der Waals surface area contributed by atoms with Crippen molar-refractivity contribution in [3.8, 4) is 0 Å². The summed E-state index contributed by atoms with van der Waals surface area (Å²) < 4.78 is 10.4. The zero-order valence-electron chi connectivity index (χ0n) is 11.7. The molecule has 2 saturated carbocycles. The summed E-state index contributed by atoms with van der Waals surface area (Å²) in [7, 11) is 1.38. The van der Waals surface area contributed by atoms with Crippen molar-refractivity contribution in [2.45, 2.75) is 32.5 Å². The van der Waals surface area contributed by atoms with Crippen molar-refractivity contribution in [2.24, 2.45) is 28.6 Å². The maximum Gasteiger partial charge on any atom is 0.305 e. The molecule has 1 saturated heterocycles. The molecule has 0 radical (unpaired) electrons. The van der Waals surface area contributed by atoms with Crippen molar-refractivity contribution < 1.29 is 24.5 Å². The third-order valence-corrected chi connectivity index (χ3v) is 6.33. The van der Waals surface area contributed by atoms with Gasteiger partial charge in [-0.2, -0.15) is 0 Å². The van der Waals surface area contributed by atoms with E-state index < -0.39 is 5.79 Å². The molecule has 0 spiro atoms. The zero-order valence-corrected chi connectivity index (χ0v) is 11.7. The van der Waals surface area contributed by atoms with Gasteiger partial charge in [0.25, 0.3) is 0 Å². The van der Waals surface area contributed by atoms with Crippen LogP contribution in [0.25, 0.3) is 0 Å². The highest BCUT2D eigenvalue weighted by molar-refractivity contribution is 5.69. The number of aliphatic hydroxyl groups is 2. The molecule has 5 heteroatoms. The van der Waals surface area contributed by atoms with E-state index in [1.807, 2.05) is 0 Å². The summed E-state index contributed by atoms with van der Waals surface area (Å²) in [4.78, 5) is 11.6. The molecular formula is C14H22O5. The van der Waals surface area contributed by atoms with Crippen LogP contribution in [0.1, 0.15) is 26.7 Å². The number of methoxy groups -OCH3 is 1. The summed E-state index contributed by atoms with van der Waals surface area (Å²) >= 11 is 0. The molecule has 0 aromatic carbocycles. The van der Waals surface area contributed by atoms with Crippen molar-refractivity contribution >= 4 is 5.97 Å². The topological polar surface area (TPSA) is 76.0 Å². The Bertz CT molecular complexity index is 424. The van der Waals surface area contributed by atoms with E-state index in [0.717, 1.165) is 0 Å². The van der Waals surface area contributed by atoms with E-state index in [0.29, 0.717) is 19.4 Å². The predicted molar refractivity (Wildman–Crippen MR) is 65.9 cm³/mol. The number of carbonyl (C=O) groups excluding carboxylic acids is 1. The second-order valence-corrected chi connectivity index (χ2v) is 6.86. The summed E-state index contributed by atoms with van der Waals surface area (Å²) in [5.74, 6) is -1.34. The average Bonchev–Trinajstić information content (AvgIpc) is 2.86. The van der Waals surface area contributed by atoms with Gasteiger partial charge < -0.3 is 19.7 Å². The summed E-state index contributed by atoms with van der Waals surface area (Å²) in [6.45, 7) is 4.62. The Morgan fingerprint density at radius 1 is 1.47 bits per heavy atom. The van der Waals surface area contributed by atoms with Crippen molar-refractivity contribution in [1.29, 1.82) is 0 Å². The van der Waals surface area contributed by atoms with E-state index in [2.05, 4.69) is 13.8 Å². The first-order chi connectivity index (χ1) is 8.82. The van der Waals surface area contributed by atoms with Gasteiger partial charge in [0.1, 0.15) is 0 Å². The fourth-order valence-electron chi connectivity index (χ4n) is 5.12. The average molecular weight is 270 g/mol. The van der Waals surface area contributed by atoms with Gasteiger partial charge in [0.15, 0.2) is 5.79 Å². The molecule has 2 aliphatic carbocycles. The Balaban J connectivity index is 2.00. The number of carbonyl (C=O) groups is 1. The Labute approximate surface area is 112 Å². The molecule has 1 aliphatic heterocycles. The molecule has 1 heterocycles. The van der Waals surface area contributed by atoms with Gasteiger partial charge in [-0.3, -0.25) is 4.79 Å². The summed E-state index contributed by atoms with van der Waals surface area (Å²) in [6, 6.07) is 0. The van der Waals surface area contributed by atoms with Crippen LogP contribution in [-0.2, 0) is 14.3 Å². The number of esters is 1. The molecule has 6 atom stereocenters. The largest absolute Gasteiger partial charge is 0.469 e. The summed E-state index contributed by atoms with van der Waals surface area (Å²) in [6.07, 6.45) is 0.800. The molecule has 0 aromatic heterocycles. The monoisotopic (exact) mass is 270 g/mol. The van der Waals surface area contributed by atoms with Gasteiger partial charge in [-0.15, -0.1) is 0 Å². The van der Waals surface area contributed by atoms with E-state index in [1.54, 1.807) is 0 Å². The van der Waals surface area contributed by atoms with Crippen molar-refractivity contribution in [1.82, 2.24) is 0 Å². The minimum absolute atomic E-state index is 0.0297. The Morgan fingerprint density at radius 2 is 2.16 bits per heavy atom. The fraction of sp³-hybridized carbons (Fsp3) is 0.929. The highest BCUT2D eigenvalue weighted by atomic mass is 16.6. The van der Waals surface area contributed by atoms with E-state index in [9.17, 15) is 15.0 Å². The van der Waals surface area contributed by atoms with Crippen LogP contribution in [0.2, 0.25) is 0 Å². The first kappa shape index (κ1) is 13.3. The normalized spacial score (nSPS) is 54.7.